The first-order chi connectivity index (χ1) is 7.35. The summed E-state index contributed by atoms with van der Waals surface area (Å²) in [4.78, 5) is 2.72. The van der Waals surface area contributed by atoms with Gasteiger partial charge in [-0.3, -0.25) is 4.90 Å². The minimum atomic E-state index is 0.700. The molecule has 1 aliphatic heterocycles. The zero-order chi connectivity index (χ0) is 10.7. The van der Waals surface area contributed by atoms with Crippen LogP contribution in [0.1, 0.15) is 51.9 Å². The molecule has 2 fully saturated rings. The lowest BCUT2D eigenvalue weighted by Gasteiger charge is -2.38. The fourth-order valence-electron chi connectivity index (χ4n) is 3.53. The average Bonchev–Trinajstić information content (AvgIpc) is 2.77. The Morgan fingerprint density at radius 3 is 2.80 bits per heavy atom. The average molecular weight is 210 g/mol. The first-order valence-corrected chi connectivity index (χ1v) is 6.81. The predicted octanol–water partition coefficient (Wildman–Crippen LogP) is 2.38. The van der Waals surface area contributed by atoms with E-state index in [1.807, 2.05) is 0 Å². The Hall–Kier alpha value is -0.0800. The van der Waals surface area contributed by atoms with Gasteiger partial charge in [-0.15, -0.1) is 0 Å². The number of rotatable bonds is 3. The first-order valence-electron chi connectivity index (χ1n) is 6.81. The van der Waals surface area contributed by atoms with E-state index in [0.717, 1.165) is 18.5 Å². The van der Waals surface area contributed by atoms with Crippen LogP contribution in [0.4, 0.5) is 0 Å². The number of nitrogens with zero attached hydrogens (tertiary/aromatic N) is 1. The highest BCUT2D eigenvalue weighted by atomic mass is 15.2. The van der Waals surface area contributed by atoms with Gasteiger partial charge in [0.05, 0.1) is 0 Å². The second kappa shape index (κ2) is 5.31. The lowest BCUT2D eigenvalue weighted by Crippen LogP contribution is -2.44. The Labute approximate surface area is 94.2 Å². The molecule has 0 aromatic rings. The molecule has 1 aliphatic carbocycles. The third-order valence-electron chi connectivity index (χ3n) is 4.50. The van der Waals surface area contributed by atoms with Crippen molar-refractivity contribution in [2.75, 3.05) is 13.1 Å². The molecule has 1 heterocycles. The van der Waals surface area contributed by atoms with Gasteiger partial charge in [0.1, 0.15) is 0 Å². The van der Waals surface area contributed by atoms with Gasteiger partial charge in [-0.2, -0.15) is 0 Å². The minimum Gasteiger partial charge on any atom is -0.329 e. The van der Waals surface area contributed by atoms with Gasteiger partial charge in [0, 0.05) is 18.6 Å². The summed E-state index contributed by atoms with van der Waals surface area (Å²) in [5.41, 5.74) is 5.86. The Kier molecular flexibility index (Phi) is 4.04. The highest BCUT2D eigenvalue weighted by Crippen LogP contribution is 2.33. The van der Waals surface area contributed by atoms with E-state index in [4.69, 9.17) is 5.73 Å². The largest absolute Gasteiger partial charge is 0.329 e. The summed E-state index contributed by atoms with van der Waals surface area (Å²) in [6, 6.07) is 1.56. The molecule has 0 aromatic heterocycles. The van der Waals surface area contributed by atoms with Crippen LogP contribution in [0.5, 0.6) is 0 Å². The Morgan fingerprint density at radius 1 is 1.20 bits per heavy atom. The van der Waals surface area contributed by atoms with Gasteiger partial charge >= 0.3 is 0 Å². The van der Waals surface area contributed by atoms with Crippen molar-refractivity contribution in [1.82, 2.24) is 4.90 Å². The van der Waals surface area contributed by atoms with Crippen molar-refractivity contribution < 1.29 is 0 Å². The van der Waals surface area contributed by atoms with Crippen LogP contribution < -0.4 is 5.73 Å². The minimum absolute atomic E-state index is 0.700. The second-order valence-electron chi connectivity index (χ2n) is 5.36. The molecule has 2 heteroatoms. The summed E-state index contributed by atoms with van der Waals surface area (Å²) in [7, 11) is 0. The van der Waals surface area contributed by atoms with E-state index < -0.39 is 0 Å². The lowest BCUT2D eigenvalue weighted by atomic mass is 9.83. The number of hydrogen-bond acceptors (Lipinski definition) is 2. The van der Waals surface area contributed by atoms with E-state index in [1.54, 1.807) is 0 Å². The normalized spacial score (nSPS) is 38.4. The maximum atomic E-state index is 5.86. The maximum Gasteiger partial charge on any atom is 0.0221 e. The van der Waals surface area contributed by atoms with Gasteiger partial charge in [0.15, 0.2) is 0 Å². The molecule has 3 unspecified atom stereocenters. The molecule has 2 rings (SSSR count). The fourth-order valence-corrected chi connectivity index (χ4v) is 3.53. The summed E-state index contributed by atoms with van der Waals surface area (Å²) in [6.07, 6.45) is 9.85. The zero-order valence-electron chi connectivity index (χ0n) is 10.1. The topological polar surface area (TPSA) is 29.3 Å². The molecule has 1 saturated heterocycles. The second-order valence-corrected chi connectivity index (χ2v) is 5.36. The molecular weight excluding hydrogens is 184 g/mol. The van der Waals surface area contributed by atoms with Crippen molar-refractivity contribution in [2.24, 2.45) is 11.7 Å². The Morgan fingerprint density at radius 2 is 2.07 bits per heavy atom. The molecule has 88 valence electrons. The summed E-state index contributed by atoms with van der Waals surface area (Å²) >= 11 is 0. The van der Waals surface area contributed by atoms with Gasteiger partial charge in [-0.05, 0) is 38.1 Å². The van der Waals surface area contributed by atoms with Crippen LogP contribution >= 0.6 is 0 Å². The van der Waals surface area contributed by atoms with Gasteiger partial charge in [-0.1, -0.05) is 26.2 Å². The molecule has 1 saturated carbocycles. The Balaban J connectivity index is 1.91. The predicted molar refractivity (Wildman–Crippen MR) is 64.8 cm³/mol. The van der Waals surface area contributed by atoms with E-state index in [9.17, 15) is 0 Å². The first kappa shape index (κ1) is 11.4. The van der Waals surface area contributed by atoms with Crippen LogP contribution in [0.25, 0.3) is 0 Å². The number of nitrogens with two attached hydrogens (primary N) is 1. The van der Waals surface area contributed by atoms with Crippen molar-refractivity contribution in [3.05, 3.63) is 0 Å². The van der Waals surface area contributed by atoms with Crippen LogP contribution in [-0.2, 0) is 0 Å². The molecule has 2 aliphatic rings. The zero-order valence-corrected chi connectivity index (χ0v) is 10.1. The fraction of sp³-hybridized carbons (Fsp3) is 1.00. The van der Waals surface area contributed by atoms with Crippen LogP contribution in [-0.4, -0.2) is 30.1 Å². The van der Waals surface area contributed by atoms with E-state index in [-0.39, 0.29) is 0 Å². The van der Waals surface area contributed by atoms with Gasteiger partial charge in [-0.25, -0.2) is 0 Å². The molecule has 2 nitrogen and oxygen atoms in total. The molecule has 0 spiro atoms. The SMILES string of the molecule is CCC1CCCC(N2CCCC2CN)C1. The number of hydrogen-bond donors (Lipinski definition) is 1. The van der Waals surface area contributed by atoms with Crippen molar-refractivity contribution >= 4 is 0 Å². The maximum absolute atomic E-state index is 5.86. The van der Waals surface area contributed by atoms with Crippen molar-refractivity contribution in [1.29, 1.82) is 0 Å². The van der Waals surface area contributed by atoms with Gasteiger partial charge in [0.25, 0.3) is 0 Å². The van der Waals surface area contributed by atoms with Gasteiger partial charge < -0.3 is 5.73 Å². The number of likely N-dealkylation sites (tertiary alicyclic amines) is 1. The van der Waals surface area contributed by atoms with Crippen molar-refractivity contribution in [3.8, 4) is 0 Å². The van der Waals surface area contributed by atoms with Crippen LogP contribution in [0.15, 0.2) is 0 Å². The molecule has 15 heavy (non-hydrogen) atoms. The van der Waals surface area contributed by atoms with Crippen LogP contribution in [0.2, 0.25) is 0 Å². The van der Waals surface area contributed by atoms with E-state index >= 15 is 0 Å². The molecule has 0 amide bonds. The van der Waals surface area contributed by atoms with Gasteiger partial charge in [0.2, 0.25) is 0 Å². The lowest BCUT2D eigenvalue weighted by molar-refractivity contribution is 0.119. The monoisotopic (exact) mass is 210 g/mol. The standard InChI is InChI=1S/C13H26N2/c1-2-11-5-3-6-12(9-11)15-8-4-7-13(15)10-14/h11-13H,2-10,14H2,1H3. The molecular formula is C13H26N2. The quantitative estimate of drug-likeness (QED) is 0.775. The molecule has 0 bridgehead atoms. The highest BCUT2D eigenvalue weighted by molar-refractivity contribution is 4.88. The molecule has 0 radical (unpaired) electrons. The van der Waals surface area contributed by atoms with Crippen LogP contribution in [0, 0.1) is 5.92 Å². The highest BCUT2D eigenvalue weighted by Gasteiger charge is 2.32. The van der Waals surface area contributed by atoms with E-state index in [0.29, 0.717) is 6.04 Å². The van der Waals surface area contributed by atoms with Crippen molar-refractivity contribution in [3.63, 3.8) is 0 Å². The summed E-state index contributed by atoms with van der Waals surface area (Å²) in [6.45, 7) is 4.52. The van der Waals surface area contributed by atoms with Crippen LogP contribution in [0.3, 0.4) is 0 Å². The van der Waals surface area contributed by atoms with E-state index in [1.165, 1.54) is 51.5 Å². The molecule has 3 atom stereocenters. The Bertz CT molecular complexity index is 193. The summed E-state index contributed by atoms with van der Waals surface area (Å²) < 4.78 is 0. The summed E-state index contributed by atoms with van der Waals surface area (Å²) in [5.74, 6) is 0.989. The third-order valence-corrected chi connectivity index (χ3v) is 4.50. The van der Waals surface area contributed by atoms with Crippen molar-refractivity contribution in [2.45, 2.75) is 64.0 Å². The van der Waals surface area contributed by atoms with E-state index in [2.05, 4.69) is 11.8 Å². The smallest absolute Gasteiger partial charge is 0.0221 e. The summed E-state index contributed by atoms with van der Waals surface area (Å²) in [5, 5.41) is 0. The molecule has 0 aromatic carbocycles. The third kappa shape index (κ3) is 2.54. The molecule has 2 N–H and O–H groups in total.